The Morgan fingerprint density at radius 2 is 1.78 bits per heavy atom. The molecule has 3 nitrogen and oxygen atoms in total. The summed E-state index contributed by atoms with van der Waals surface area (Å²) in [7, 11) is 0. The Balaban J connectivity index is 2.52. The average Bonchev–Trinajstić information content (AvgIpc) is 2.28. The van der Waals surface area contributed by atoms with E-state index in [1.165, 1.54) is 30.3 Å². The molecule has 0 saturated carbocycles. The molecule has 0 unspecified atom stereocenters. The molecule has 0 aromatic heterocycles. The molecule has 1 amide bonds. The van der Waals surface area contributed by atoms with Crippen molar-refractivity contribution in [2.75, 3.05) is 5.32 Å². The van der Waals surface area contributed by atoms with Gasteiger partial charge in [-0.05, 0) is 35.9 Å². The number of hydrogen-bond donors (Lipinski definition) is 2. The van der Waals surface area contributed by atoms with Gasteiger partial charge in [0.25, 0.3) is 0 Å². The van der Waals surface area contributed by atoms with Crippen molar-refractivity contribution >= 4 is 11.8 Å². The molecule has 5 heteroatoms. The number of carbonyl (C=O) groups is 1. The Hall–Kier alpha value is -2.43. The number of rotatable bonds is 2. The van der Waals surface area contributed by atoms with Crippen LogP contribution < -0.4 is 5.32 Å². The third-order valence-electron chi connectivity index (χ3n) is 2.36. The minimum atomic E-state index is -1.31. The molecule has 0 aliphatic rings. The van der Waals surface area contributed by atoms with Gasteiger partial charge in [0, 0.05) is 5.56 Å². The van der Waals surface area contributed by atoms with E-state index in [0.717, 1.165) is 6.07 Å². The zero-order chi connectivity index (χ0) is 13.1. The van der Waals surface area contributed by atoms with E-state index >= 15 is 0 Å². The van der Waals surface area contributed by atoms with Crippen molar-refractivity contribution in [1.29, 1.82) is 0 Å². The van der Waals surface area contributed by atoms with Crippen LogP contribution in [0.3, 0.4) is 0 Å². The molecule has 0 aliphatic heterocycles. The molecule has 0 aliphatic carbocycles. The van der Waals surface area contributed by atoms with Gasteiger partial charge < -0.3 is 5.11 Å². The highest BCUT2D eigenvalue weighted by Gasteiger charge is 2.09. The molecule has 0 fully saturated rings. The second kappa shape index (κ2) is 4.83. The molecular formula is C13H9F2NO2. The van der Waals surface area contributed by atoms with Crippen LogP contribution in [0.4, 0.5) is 19.3 Å². The third-order valence-corrected chi connectivity index (χ3v) is 2.36. The Kier molecular flexibility index (Phi) is 3.23. The molecule has 2 N–H and O–H groups in total. The van der Waals surface area contributed by atoms with Gasteiger partial charge >= 0.3 is 6.09 Å². The first-order chi connectivity index (χ1) is 8.56. The molecule has 2 aromatic carbocycles. The van der Waals surface area contributed by atoms with E-state index in [1.54, 1.807) is 6.07 Å². The Morgan fingerprint density at radius 1 is 1.06 bits per heavy atom. The summed E-state index contributed by atoms with van der Waals surface area (Å²) in [4.78, 5) is 10.6. The van der Waals surface area contributed by atoms with Crippen LogP contribution in [-0.2, 0) is 0 Å². The number of halogens is 2. The van der Waals surface area contributed by atoms with Crippen LogP contribution in [0, 0.1) is 11.6 Å². The van der Waals surface area contributed by atoms with Gasteiger partial charge in [-0.15, -0.1) is 0 Å². The molecule has 0 atom stereocenters. The summed E-state index contributed by atoms with van der Waals surface area (Å²) < 4.78 is 26.2. The quantitative estimate of drug-likeness (QED) is 0.852. The van der Waals surface area contributed by atoms with E-state index in [9.17, 15) is 13.6 Å². The molecule has 0 radical (unpaired) electrons. The average molecular weight is 249 g/mol. The van der Waals surface area contributed by atoms with Crippen LogP contribution in [0.2, 0.25) is 0 Å². The standard InChI is InChI=1S/C13H9F2NO2/c14-9-3-1-2-8(6-9)11-5-4-10(15)7-12(11)16-13(17)18/h1-7,16H,(H,17,18). The fourth-order valence-corrected chi connectivity index (χ4v) is 1.64. The van der Waals surface area contributed by atoms with Crippen LogP contribution in [0.15, 0.2) is 42.5 Å². The highest BCUT2D eigenvalue weighted by atomic mass is 19.1. The van der Waals surface area contributed by atoms with Gasteiger partial charge in [0.15, 0.2) is 0 Å². The van der Waals surface area contributed by atoms with Crippen LogP contribution in [0.5, 0.6) is 0 Å². The third kappa shape index (κ3) is 2.63. The van der Waals surface area contributed by atoms with Crippen molar-refractivity contribution < 1.29 is 18.7 Å². The smallest absolute Gasteiger partial charge is 0.409 e. The highest BCUT2D eigenvalue weighted by molar-refractivity contribution is 5.90. The summed E-state index contributed by atoms with van der Waals surface area (Å²) in [6.07, 6.45) is -1.31. The van der Waals surface area contributed by atoms with Crippen molar-refractivity contribution in [1.82, 2.24) is 0 Å². The van der Waals surface area contributed by atoms with Gasteiger partial charge in [0.2, 0.25) is 0 Å². The van der Waals surface area contributed by atoms with Crippen LogP contribution in [0.1, 0.15) is 0 Å². The van der Waals surface area contributed by atoms with E-state index in [-0.39, 0.29) is 5.69 Å². The van der Waals surface area contributed by atoms with Gasteiger partial charge in [-0.1, -0.05) is 12.1 Å². The fraction of sp³-hybridized carbons (Fsp3) is 0. The number of nitrogens with one attached hydrogen (secondary N) is 1. The monoisotopic (exact) mass is 249 g/mol. The van der Waals surface area contributed by atoms with Gasteiger partial charge in [0.05, 0.1) is 5.69 Å². The number of benzene rings is 2. The number of amides is 1. The van der Waals surface area contributed by atoms with Crippen molar-refractivity contribution in [2.24, 2.45) is 0 Å². The predicted octanol–water partition coefficient (Wildman–Crippen LogP) is 3.72. The summed E-state index contributed by atoms with van der Waals surface area (Å²) in [6, 6.07) is 9.27. The second-order valence-electron chi connectivity index (χ2n) is 3.63. The maximum atomic E-state index is 13.1. The zero-order valence-corrected chi connectivity index (χ0v) is 9.15. The van der Waals surface area contributed by atoms with E-state index in [4.69, 9.17) is 5.11 Å². The van der Waals surface area contributed by atoms with E-state index in [1.807, 2.05) is 0 Å². The number of anilines is 1. The highest BCUT2D eigenvalue weighted by Crippen LogP contribution is 2.29. The lowest BCUT2D eigenvalue weighted by molar-refractivity contribution is 0.210. The summed E-state index contributed by atoms with van der Waals surface area (Å²) >= 11 is 0. The fourth-order valence-electron chi connectivity index (χ4n) is 1.64. The van der Waals surface area contributed by atoms with Gasteiger partial charge in [-0.2, -0.15) is 0 Å². The van der Waals surface area contributed by atoms with Gasteiger partial charge in [-0.3, -0.25) is 5.32 Å². The van der Waals surface area contributed by atoms with E-state index in [2.05, 4.69) is 5.32 Å². The van der Waals surface area contributed by atoms with Crippen LogP contribution >= 0.6 is 0 Å². The molecule has 2 rings (SSSR count). The van der Waals surface area contributed by atoms with Crippen molar-refractivity contribution in [3.63, 3.8) is 0 Å². The molecule has 0 bridgehead atoms. The molecule has 0 spiro atoms. The minimum absolute atomic E-state index is 0.0769. The first-order valence-corrected chi connectivity index (χ1v) is 5.12. The largest absolute Gasteiger partial charge is 0.465 e. The van der Waals surface area contributed by atoms with Crippen LogP contribution in [-0.4, -0.2) is 11.2 Å². The summed E-state index contributed by atoms with van der Waals surface area (Å²) in [5.74, 6) is -1.02. The van der Waals surface area contributed by atoms with Gasteiger partial charge in [-0.25, -0.2) is 13.6 Å². The Bertz CT molecular complexity index is 599. The first kappa shape index (κ1) is 12.0. The molecule has 2 aromatic rings. The lowest BCUT2D eigenvalue weighted by atomic mass is 10.0. The molecule has 92 valence electrons. The van der Waals surface area contributed by atoms with Crippen LogP contribution in [0.25, 0.3) is 11.1 Å². The summed E-state index contributed by atoms with van der Waals surface area (Å²) in [5, 5.41) is 10.8. The molecular weight excluding hydrogens is 240 g/mol. The van der Waals surface area contributed by atoms with Gasteiger partial charge in [0.1, 0.15) is 11.6 Å². The molecule has 0 heterocycles. The second-order valence-corrected chi connectivity index (χ2v) is 3.63. The summed E-state index contributed by atoms with van der Waals surface area (Å²) in [5.41, 5.74) is 0.963. The van der Waals surface area contributed by atoms with Crippen molar-refractivity contribution in [3.05, 3.63) is 54.1 Å². The molecule has 18 heavy (non-hydrogen) atoms. The topological polar surface area (TPSA) is 49.3 Å². The maximum Gasteiger partial charge on any atom is 0.409 e. The SMILES string of the molecule is O=C(O)Nc1cc(F)ccc1-c1cccc(F)c1. The Labute approximate surface area is 102 Å². The normalized spacial score (nSPS) is 10.1. The Morgan fingerprint density at radius 3 is 2.44 bits per heavy atom. The minimum Gasteiger partial charge on any atom is -0.465 e. The number of carboxylic acid groups (broad SMARTS) is 1. The van der Waals surface area contributed by atoms with Crippen molar-refractivity contribution in [3.8, 4) is 11.1 Å². The molecule has 0 saturated heterocycles. The van der Waals surface area contributed by atoms with E-state index < -0.39 is 17.7 Å². The van der Waals surface area contributed by atoms with E-state index in [0.29, 0.717) is 11.1 Å². The van der Waals surface area contributed by atoms with Crippen molar-refractivity contribution in [2.45, 2.75) is 0 Å². The number of hydrogen-bond acceptors (Lipinski definition) is 1. The lowest BCUT2D eigenvalue weighted by Crippen LogP contribution is -2.08. The first-order valence-electron chi connectivity index (χ1n) is 5.12. The summed E-state index contributed by atoms with van der Waals surface area (Å²) in [6.45, 7) is 0. The maximum absolute atomic E-state index is 13.1. The zero-order valence-electron chi connectivity index (χ0n) is 9.15. The lowest BCUT2D eigenvalue weighted by Gasteiger charge is -2.09. The predicted molar refractivity (Wildman–Crippen MR) is 63.4 cm³/mol.